The summed E-state index contributed by atoms with van der Waals surface area (Å²) in [4.78, 5) is 4.08. The van der Waals surface area contributed by atoms with E-state index in [0.717, 1.165) is 29.0 Å². The zero-order chi connectivity index (χ0) is 14.7. The standard InChI is InChI=1S/C14H19ClN4O/c1-9-11(14(15)19(3)18-9)7-12(16-2)10-5-6-17-8-13(10)20-4/h5-6,8,12,16H,7H2,1-4H3. The Morgan fingerprint density at radius 1 is 1.50 bits per heavy atom. The second kappa shape index (κ2) is 6.24. The van der Waals surface area contributed by atoms with E-state index in [-0.39, 0.29) is 6.04 Å². The summed E-state index contributed by atoms with van der Waals surface area (Å²) in [6.45, 7) is 1.97. The number of pyridine rings is 1. The van der Waals surface area contributed by atoms with Gasteiger partial charge in [0.05, 0.1) is 19.0 Å². The van der Waals surface area contributed by atoms with Gasteiger partial charge in [-0.25, -0.2) is 0 Å². The van der Waals surface area contributed by atoms with Gasteiger partial charge in [0, 0.05) is 30.4 Å². The van der Waals surface area contributed by atoms with E-state index in [1.807, 2.05) is 27.1 Å². The molecule has 0 saturated carbocycles. The second-order valence-corrected chi connectivity index (χ2v) is 5.00. The Hall–Kier alpha value is -1.59. The molecule has 20 heavy (non-hydrogen) atoms. The van der Waals surface area contributed by atoms with Crippen molar-refractivity contribution in [2.24, 2.45) is 7.05 Å². The average molecular weight is 295 g/mol. The van der Waals surface area contributed by atoms with Gasteiger partial charge in [-0.3, -0.25) is 9.67 Å². The van der Waals surface area contributed by atoms with Gasteiger partial charge in [0.2, 0.25) is 0 Å². The van der Waals surface area contributed by atoms with Gasteiger partial charge in [-0.1, -0.05) is 11.6 Å². The largest absolute Gasteiger partial charge is 0.495 e. The smallest absolute Gasteiger partial charge is 0.141 e. The summed E-state index contributed by atoms with van der Waals surface area (Å²) in [5, 5.41) is 8.33. The monoisotopic (exact) mass is 294 g/mol. The molecule has 0 aliphatic carbocycles. The van der Waals surface area contributed by atoms with Crippen molar-refractivity contribution in [2.75, 3.05) is 14.2 Å². The maximum absolute atomic E-state index is 6.31. The van der Waals surface area contributed by atoms with Gasteiger partial charge in [0.15, 0.2) is 0 Å². The molecular formula is C14H19ClN4O. The quantitative estimate of drug-likeness (QED) is 0.919. The van der Waals surface area contributed by atoms with E-state index in [1.54, 1.807) is 24.2 Å². The van der Waals surface area contributed by atoms with Gasteiger partial charge < -0.3 is 10.1 Å². The van der Waals surface area contributed by atoms with Crippen LogP contribution in [0.4, 0.5) is 0 Å². The highest BCUT2D eigenvalue weighted by Gasteiger charge is 2.20. The van der Waals surface area contributed by atoms with E-state index in [0.29, 0.717) is 5.15 Å². The molecule has 0 aliphatic rings. The summed E-state index contributed by atoms with van der Waals surface area (Å²) in [5.41, 5.74) is 3.06. The van der Waals surface area contributed by atoms with Crippen molar-refractivity contribution in [3.05, 3.63) is 40.4 Å². The lowest BCUT2D eigenvalue weighted by atomic mass is 9.99. The summed E-state index contributed by atoms with van der Waals surface area (Å²) in [6, 6.07) is 2.05. The third kappa shape index (κ3) is 2.78. The lowest BCUT2D eigenvalue weighted by molar-refractivity contribution is 0.399. The van der Waals surface area contributed by atoms with Crippen LogP contribution in [0.3, 0.4) is 0 Å². The van der Waals surface area contributed by atoms with E-state index < -0.39 is 0 Å². The molecule has 2 aromatic rings. The molecule has 6 heteroatoms. The number of hydrogen-bond donors (Lipinski definition) is 1. The Labute approximate surface area is 123 Å². The van der Waals surface area contributed by atoms with E-state index in [4.69, 9.17) is 16.3 Å². The normalized spacial score (nSPS) is 12.4. The van der Waals surface area contributed by atoms with E-state index >= 15 is 0 Å². The van der Waals surface area contributed by atoms with Crippen LogP contribution in [0.25, 0.3) is 0 Å². The number of aromatic nitrogens is 3. The van der Waals surface area contributed by atoms with Crippen molar-refractivity contribution >= 4 is 11.6 Å². The number of nitrogens with zero attached hydrogens (tertiary/aromatic N) is 3. The second-order valence-electron chi connectivity index (χ2n) is 4.64. The van der Waals surface area contributed by atoms with Gasteiger partial charge in [-0.2, -0.15) is 5.10 Å². The van der Waals surface area contributed by atoms with Crippen molar-refractivity contribution in [2.45, 2.75) is 19.4 Å². The summed E-state index contributed by atoms with van der Waals surface area (Å²) < 4.78 is 7.07. The van der Waals surface area contributed by atoms with Crippen LogP contribution in [0.15, 0.2) is 18.5 Å². The third-order valence-corrected chi connectivity index (χ3v) is 3.91. The molecule has 0 bridgehead atoms. The molecule has 108 valence electrons. The Morgan fingerprint density at radius 2 is 2.25 bits per heavy atom. The minimum Gasteiger partial charge on any atom is -0.495 e. The highest BCUT2D eigenvalue weighted by molar-refractivity contribution is 6.30. The fourth-order valence-corrected chi connectivity index (χ4v) is 2.58. The lowest BCUT2D eigenvalue weighted by Gasteiger charge is -2.19. The maximum atomic E-state index is 6.31. The van der Waals surface area contributed by atoms with Gasteiger partial charge >= 0.3 is 0 Å². The van der Waals surface area contributed by atoms with Crippen LogP contribution >= 0.6 is 11.6 Å². The Balaban J connectivity index is 2.34. The maximum Gasteiger partial charge on any atom is 0.141 e. The molecule has 2 aromatic heterocycles. The van der Waals surface area contributed by atoms with Crippen molar-refractivity contribution in [1.29, 1.82) is 0 Å². The van der Waals surface area contributed by atoms with Crippen molar-refractivity contribution < 1.29 is 4.74 Å². The predicted molar refractivity (Wildman–Crippen MR) is 79.2 cm³/mol. The van der Waals surface area contributed by atoms with Crippen molar-refractivity contribution in [3.8, 4) is 5.75 Å². The molecule has 2 heterocycles. The number of nitrogens with one attached hydrogen (secondary N) is 1. The average Bonchev–Trinajstić information content (AvgIpc) is 2.70. The number of hydrogen-bond acceptors (Lipinski definition) is 4. The highest BCUT2D eigenvalue weighted by Crippen LogP contribution is 2.29. The molecule has 1 atom stereocenters. The Bertz CT molecular complexity index is 597. The lowest BCUT2D eigenvalue weighted by Crippen LogP contribution is -2.20. The molecule has 0 saturated heterocycles. The first kappa shape index (κ1) is 14.8. The molecule has 0 spiro atoms. The van der Waals surface area contributed by atoms with Crippen molar-refractivity contribution in [3.63, 3.8) is 0 Å². The van der Waals surface area contributed by atoms with Crippen LogP contribution < -0.4 is 10.1 Å². The summed E-state index contributed by atoms with van der Waals surface area (Å²) in [6.07, 6.45) is 4.23. The molecule has 0 aromatic carbocycles. The topological polar surface area (TPSA) is 52.0 Å². The van der Waals surface area contributed by atoms with Crippen LogP contribution in [-0.2, 0) is 13.5 Å². The van der Waals surface area contributed by atoms with Crippen LogP contribution in [0.2, 0.25) is 5.15 Å². The van der Waals surface area contributed by atoms with Gasteiger partial charge in [0.25, 0.3) is 0 Å². The number of rotatable bonds is 5. The molecule has 5 nitrogen and oxygen atoms in total. The molecule has 0 fully saturated rings. The summed E-state index contributed by atoms with van der Waals surface area (Å²) in [5.74, 6) is 0.768. The number of likely N-dealkylation sites (N-methyl/N-ethyl adjacent to an activating group) is 1. The summed E-state index contributed by atoms with van der Waals surface area (Å²) in [7, 11) is 5.42. The predicted octanol–water partition coefficient (Wildman–Crippen LogP) is 2.29. The van der Waals surface area contributed by atoms with Gasteiger partial charge in [-0.15, -0.1) is 0 Å². The number of aryl methyl sites for hydroxylation is 2. The van der Waals surface area contributed by atoms with E-state index in [9.17, 15) is 0 Å². The van der Waals surface area contributed by atoms with Crippen LogP contribution in [0, 0.1) is 6.92 Å². The third-order valence-electron chi connectivity index (χ3n) is 3.44. The highest BCUT2D eigenvalue weighted by atomic mass is 35.5. The molecule has 0 aliphatic heterocycles. The van der Waals surface area contributed by atoms with E-state index in [1.165, 1.54) is 0 Å². The number of ether oxygens (including phenoxy) is 1. The number of halogens is 1. The minimum atomic E-state index is 0.0911. The van der Waals surface area contributed by atoms with Gasteiger partial charge in [0.1, 0.15) is 10.9 Å². The molecule has 0 radical (unpaired) electrons. The molecular weight excluding hydrogens is 276 g/mol. The fourth-order valence-electron chi connectivity index (χ4n) is 2.33. The van der Waals surface area contributed by atoms with Crippen LogP contribution in [0.5, 0.6) is 5.75 Å². The first-order chi connectivity index (χ1) is 9.58. The molecule has 2 rings (SSSR count). The zero-order valence-corrected chi connectivity index (χ0v) is 12.9. The van der Waals surface area contributed by atoms with Crippen LogP contribution in [-0.4, -0.2) is 28.9 Å². The minimum absolute atomic E-state index is 0.0911. The number of methoxy groups -OCH3 is 1. The molecule has 1 unspecified atom stereocenters. The SMILES string of the molecule is CNC(Cc1c(C)nn(C)c1Cl)c1ccncc1OC. The first-order valence-corrected chi connectivity index (χ1v) is 6.79. The van der Waals surface area contributed by atoms with E-state index in [2.05, 4.69) is 15.4 Å². The Kier molecular flexibility index (Phi) is 4.62. The fraction of sp³-hybridized carbons (Fsp3) is 0.429. The Morgan fingerprint density at radius 3 is 2.80 bits per heavy atom. The van der Waals surface area contributed by atoms with Crippen LogP contribution in [0.1, 0.15) is 22.9 Å². The zero-order valence-electron chi connectivity index (χ0n) is 12.1. The molecule has 1 N–H and O–H groups in total. The molecule has 0 amide bonds. The summed E-state index contributed by atoms with van der Waals surface area (Å²) >= 11 is 6.31. The van der Waals surface area contributed by atoms with Gasteiger partial charge in [-0.05, 0) is 26.5 Å². The first-order valence-electron chi connectivity index (χ1n) is 6.41. The van der Waals surface area contributed by atoms with Crippen molar-refractivity contribution in [1.82, 2.24) is 20.1 Å².